The molecular formula is C14H19N3. The summed E-state index contributed by atoms with van der Waals surface area (Å²) >= 11 is 0. The predicted molar refractivity (Wildman–Crippen MR) is 68.4 cm³/mol. The van der Waals surface area contributed by atoms with E-state index in [1.807, 2.05) is 0 Å². The summed E-state index contributed by atoms with van der Waals surface area (Å²) in [5, 5.41) is 8.58. The summed E-state index contributed by atoms with van der Waals surface area (Å²) in [7, 11) is 0. The molecule has 1 aromatic rings. The molecule has 3 heteroatoms. The number of hydrogen-bond acceptors (Lipinski definition) is 3. The molecule has 90 valence electrons. The monoisotopic (exact) mass is 229 g/mol. The normalized spacial score (nSPS) is 19.6. The van der Waals surface area contributed by atoms with E-state index >= 15 is 0 Å². The molecule has 1 aliphatic heterocycles. The van der Waals surface area contributed by atoms with Crippen molar-refractivity contribution >= 4 is 0 Å². The van der Waals surface area contributed by atoms with Gasteiger partial charge in [-0.1, -0.05) is 24.3 Å². The Morgan fingerprint density at radius 3 is 3.00 bits per heavy atom. The van der Waals surface area contributed by atoms with Crippen LogP contribution in [0.25, 0.3) is 0 Å². The lowest BCUT2D eigenvalue weighted by molar-refractivity contribution is 0.188. The number of fused-ring (bicyclic) bond motifs is 1. The van der Waals surface area contributed by atoms with E-state index in [0.717, 1.165) is 25.9 Å². The Bertz CT molecular complexity index is 408. The van der Waals surface area contributed by atoms with Crippen molar-refractivity contribution in [3.05, 3.63) is 35.4 Å². The maximum atomic E-state index is 8.58. The first-order valence-corrected chi connectivity index (χ1v) is 6.25. The molecule has 17 heavy (non-hydrogen) atoms. The number of hydrogen-bond donors (Lipinski definition) is 1. The van der Waals surface area contributed by atoms with E-state index in [2.05, 4.69) is 35.2 Å². The van der Waals surface area contributed by atoms with Gasteiger partial charge >= 0.3 is 0 Å². The van der Waals surface area contributed by atoms with Crippen LogP contribution in [0.4, 0.5) is 0 Å². The highest BCUT2D eigenvalue weighted by atomic mass is 15.2. The zero-order valence-corrected chi connectivity index (χ0v) is 10.1. The Labute approximate surface area is 103 Å². The van der Waals surface area contributed by atoms with Crippen LogP contribution in [-0.4, -0.2) is 24.5 Å². The standard InChI is InChI=1S/C14H19N3/c15-8-3-4-9-17-10-7-12-5-1-2-6-13(12)14(17)11-16/h1-2,5-6,14H,3-4,7,9-11,16H2. The summed E-state index contributed by atoms with van der Waals surface area (Å²) in [5.74, 6) is 0. The van der Waals surface area contributed by atoms with E-state index < -0.39 is 0 Å². The Balaban J connectivity index is 2.10. The number of nitrogens with zero attached hydrogens (tertiary/aromatic N) is 2. The van der Waals surface area contributed by atoms with Crippen LogP contribution in [0.2, 0.25) is 0 Å². The van der Waals surface area contributed by atoms with Crippen LogP contribution in [0.3, 0.4) is 0 Å². The first-order valence-electron chi connectivity index (χ1n) is 6.25. The van der Waals surface area contributed by atoms with Gasteiger partial charge in [0, 0.05) is 25.6 Å². The van der Waals surface area contributed by atoms with Crippen molar-refractivity contribution in [2.75, 3.05) is 19.6 Å². The molecule has 0 bridgehead atoms. The Morgan fingerprint density at radius 2 is 2.24 bits per heavy atom. The van der Waals surface area contributed by atoms with Gasteiger partial charge in [0.2, 0.25) is 0 Å². The second kappa shape index (κ2) is 5.81. The number of nitrogens with two attached hydrogens (primary N) is 1. The summed E-state index contributed by atoms with van der Waals surface area (Å²) in [5.41, 5.74) is 8.71. The zero-order valence-electron chi connectivity index (χ0n) is 10.1. The Hall–Kier alpha value is -1.37. The van der Waals surface area contributed by atoms with Crippen LogP contribution in [0.15, 0.2) is 24.3 Å². The minimum atomic E-state index is 0.332. The van der Waals surface area contributed by atoms with Gasteiger partial charge < -0.3 is 5.73 Å². The van der Waals surface area contributed by atoms with Crippen molar-refractivity contribution in [2.45, 2.75) is 25.3 Å². The van der Waals surface area contributed by atoms with Gasteiger partial charge in [-0.3, -0.25) is 4.90 Å². The van der Waals surface area contributed by atoms with Crippen molar-refractivity contribution in [2.24, 2.45) is 5.73 Å². The van der Waals surface area contributed by atoms with Crippen LogP contribution in [0.5, 0.6) is 0 Å². The maximum absolute atomic E-state index is 8.58. The lowest BCUT2D eigenvalue weighted by Gasteiger charge is -2.36. The molecule has 2 N–H and O–H groups in total. The van der Waals surface area contributed by atoms with Crippen LogP contribution in [0, 0.1) is 11.3 Å². The molecule has 1 atom stereocenters. The summed E-state index contributed by atoms with van der Waals surface area (Å²) in [6, 6.07) is 11.1. The summed E-state index contributed by atoms with van der Waals surface area (Å²) in [4.78, 5) is 2.42. The van der Waals surface area contributed by atoms with Gasteiger partial charge in [0.1, 0.15) is 0 Å². The molecule has 0 saturated heterocycles. The molecule has 0 aromatic heterocycles. The fourth-order valence-corrected chi connectivity index (χ4v) is 2.61. The summed E-state index contributed by atoms with van der Waals surface area (Å²) in [6.45, 7) is 2.69. The van der Waals surface area contributed by atoms with E-state index in [4.69, 9.17) is 11.0 Å². The van der Waals surface area contributed by atoms with Crippen molar-refractivity contribution in [1.29, 1.82) is 5.26 Å². The zero-order chi connectivity index (χ0) is 12.1. The number of benzene rings is 1. The molecule has 3 nitrogen and oxygen atoms in total. The van der Waals surface area contributed by atoms with Crippen molar-refractivity contribution < 1.29 is 0 Å². The highest BCUT2D eigenvalue weighted by molar-refractivity contribution is 5.32. The van der Waals surface area contributed by atoms with E-state index in [0.29, 0.717) is 19.0 Å². The lowest BCUT2D eigenvalue weighted by Crippen LogP contribution is -2.39. The third-order valence-electron chi connectivity index (χ3n) is 3.48. The molecule has 1 aromatic carbocycles. The molecule has 0 aliphatic carbocycles. The fourth-order valence-electron chi connectivity index (χ4n) is 2.61. The molecule has 0 saturated carbocycles. The van der Waals surface area contributed by atoms with Gasteiger partial charge in [-0.2, -0.15) is 5.26 Å². The highest BCUT2D eigenvalue weighted by Crippen LogP contribution is 2.28. The van der Waals surface area contributed by atoms with Crippen LogP contribution < -0.4 is 5.73 Å². The largest absolute Gasteiger partial charge is 0.329 e. The number of rotatable bonds is 4. The molecule has 0 spiro atoms. The van der Waals surface area contributed by atoms with Crippen molar-refractivity contribution in [3.63, 3.8) is 0 Å². The predicted octanol–water partition coefficient (Wildman–Crippen LogP) is 1.85. The van der Waals surface area contributed by atoms with Gasteiger partial charge in [0.05, 0.1) is 6.07 Å². The van der Waals surface area contributed by atoms with Gasteiger partial charge in [0.25, 0.3) is 0 Å². The van der Waals surface area contributed by atoms with Gasteiger partial charge in [0.15, 0.2) is 0 Å². The summed E-state index contributed by atoms with van der Waals surface area (Å²) < 4.78 is 0. The average Bonchev–Trinajstić information content (AvgIpc) is 2.38. The third kappa shape index (κ3) is 2.66. The quantitative estimate of drug-likeness (QED) is 0.802. The molecular weight excluding hydrogens is 210 g/mol. The van der Waals surface area contributed by atoms with E-state index in [-0.39, 0.29) is 0 Å². The highest BCUT2D eigenvalue weighted by Gasteiger charge is 2.25. The van der Waals surface area contributed by atoms with Crippen LogP contribution >= 0.6 is 0 Å². The molecule has 0 amide bonds. The average molecular weight is 229 g/mol. The molecule has 2 rings (SSSR count). The SMILES string of the molecule is N#CCCCN1CCc2ccccc2C1CN. The molecule has 1 unspecified atom stereocenters. The Morgan fingerprint density at radius 1 is 1.41 bits per heavy atom. The van der Waals surface area contributed by atoms with Gasteiger partial charge in [-0.15, -0.1) is 0 Å². The minimum absolute atomic E-state index is 0.332. The first-order chi connectivity index (χ1) is 8.36. The second-order valence-corrected chi connectivity index (χ2v) is 4.50. The topological polar surface area (TPSA) is 53.0 Å². The fraction of sp³-hybridized carbons (Fsp3) is 0.500. The number of nitriles is 1. The molecule has 1 aliphatic rings. The van der Waals surface area contributed by atoms with Gasteiger partial charge in [-0.05, 0) is 30.5 Å². The Kier molecular flexibility index (Phi) is 4.13. The summed E-state index contributed by atoms with van der Waals surface area (Å²) in [6.07, 6.45) is 2.67. The van der Waals surface area contributed by atoms with E-state index in [1.165, 1.54) is 11.1 Å². The molecule has 0 fully saturated rings. The van der Waals surface area contributed by atoms with Crippen molar-refractivity contribution in [3.8, 4) is 6.07 Å². The molecule has 1 heterocycles. The lowest BCUT2D eigenvalue weighted by atomic mass is 9.92. The second-order valence-electron chi connectivity index (χ2n) is 4.50. The van der Waals surface area contributed by atoms with E-state index in [9.17, 15) is 0 Å². The number of unbranched alkanes of at least 4 members (excludes halogenated alkanes) is 1. The minimum Gasteiger partial charge on any atom is -0.329 e. The van der Waals surface area contributed by atoms with Gasteiger partial charge in [-0.25, -0.2) is 0 Å². The van der Waals surface area contributed by atoms with Crippen molar-refractivity contribution in [1.82, 2.24) is 4.90 Å². The van der Waals surface area contributed by atoms with E-state index in [1.54, 1.807) is 0 Å². The maximum Gasteiger partial charge on any atom is 0.0622 e. The van der Waals surface area contributed by atoms with Crippen LogP contribution in [-0.2, 0) is 6.42 Å². The third-order valence-corrected chi connectivity index (χ3v) is 3.48. The molecule has 0 radical (unpaired) electrons. The first kappa shape index (κ1) is 12.1. The van der Waals surface area contributed by atoms with Crippen LogP contribution in [0.1, 0.15) is 30.0 Å². The smallest absolute Gasteiger partial charge is 0.0622 e.